The van der Waals surface area contributed by atoms with Crippen molar-refractivity contribution in [2.75, 3.05) is 13.2 Å². The van der Waals surface area contributed by atoms with Gasteiger partial charge in [-0.15, -0.1) is 5.10 Å². The number of pyridine rings is 1. The van der Waals surface area contributed by atoms with E-state index in [9.17, 15) is 10.2 Å². The van der Waals surface area contributed by atoms with Crippen LogP contribution in [0.15, 0.2) is 54.7 Å². The molecule has 0 bridgehead atoms. The molecule has 0 amide bonds. The van der Waals surface area contributed by atoms with Gasteiger partial charge in [-0.25, -0.2) is 4.68 Å². The van der Waals surface area contributed by atoms with Crippen LogP contribution in [-0.4, -0.2) is 48.0 Å². The molecule has 1 unspecified atom stereocenters. The second-order valence-electron chi connectivity index (χ2n) is 11.1. The van der Waals surface area contributed by atoms with Crippen LogP contribution in [-0.2, 0) is 24.0 Å². The Bertz CT molecular complexity index is 1620. The van der Waals surface area contributed by atoms with Gasteiger partial charge in [0.15, 0.2) is 0 Å². The second-order valence-corrected chi connectivity index (χ2v) is 11.1. The molecule has 2 N–H and O–H groups in total. The zero-order valence-electron chi connectivity index (χ0n) is 22.9. The van der Waals surface area contributed by atoms with E-state index in [2.05, 4.69) is 45.2 Å². The first-order valence-electron chi connectivity index (χ1n) is 13.6. The number of aryl methyl sites for hydroxylation is 2. The highest BCUT2D eigenvalue weighted by Gasteiger charge is 2.32. The van der Waals surface area contributed by atoms with Crippen molar-refractivity contribution in [1.82, 2.24) is 24.5 Å². The van der Waals surface area contributed by atoms with Crippen LogP contribution in [0.1, 0.15) is 55.1 Å². The Kier molecular flexibility index (Phi) is 6.49. The number of hydrogen-bond acceptors (Lipinski definition) is 6. The average molecular weight is 526 g/mol. The highest BCUT2D eigenvalue weighted by Crippen LogP contribution is 2.43. The van der Waals surface area contributed by atoms with Gasteiger partial charge in [0.05, 0.1) is 46.2 Å². The van der Waals surface area contributed by atoms with E-state index in [1.807, 2.05) is 38.4 Å². The first kappa shape index (κ1) is 25.7. The minimum absolute atomic E-state index is 0.0136. The number of aliphatic hydroxyl groups is 2. The molecule has 8 nitrogen and oxygen atoms in total. The van der Waals surface area contributed by atoms with Crippen LogP contribution in [0.4, 0.5) is 0 Å². The quantitative estimate of drug-likeness (QED) is 0.323. The standard InChI is InChI=1S/C31H35N5O3/c1-19-28(35(4)34-33-19)22-16-26-27(32-17-22)23-10-11-25(31(2,3)38)24(18-37)30(23)36(26)29(20-8-6-5-7-9-20)21-12-14-39-15-13-21/h5-11,16-17,21,29,37-38H,12-15,18H2,1-4H3. The lowest BCUT2D eigenvalue weighted by molar-refractivity contribution is 0.0552. The van der Waals surface area contributed by atoms with Crippen molar-refractivity contribution >= 4 is 21.9 Å². The minimum atomic E-state index is -1.12. The summed E-state index contributed by atoms with van der Waals surface area (Å²) in [5, 5.41) is 31.3. The molecule has 1 aliphatic heterocycles. The zero-order valence-corrected chi connectivity index (χ0v) is 22.9. The minimum Gasteiger partial charge on any atom is -0.392 e. The molecule has 0 spiro atoms. The Morgan fingerprint density at radius 1 is 1.10 bits per heavy atom. The van der Waals surface area contributed by atoms with Gasteiger partial charge >= 0.3 is 0 Å². The van der Waals surface area contributed by atoms with Crippen molar-refractivity contribution in [2.45, 2.75) is 51.9 Å². The highest BCUT2D eigenvalue weighted by atomic mass is 16.5. The summed E-state index contributed by atoms with van der Waals surface area (Å²) in [7, 11) is 1.89. The molecular formula is C31H35N5O3. The summed E-state index contributed by atoms with van der Waals surface area (Å²) < 4.78 is 9.92. The van der Waals surface area contributed by atoms with Crippen molar-refractivity contribution < 1.29 is 14.9 Å². The van der Waals surface area contributed by atoms with Crippen molar-refractivity contribution in [1.29, 1.82) is 0 Å². The monoisotopic (exact) mass is 525 g/mol. The third-order valence-corrected chi connectivity index (χ3v) is 8.12. The number of benzene rings is 2. The SMILES string of the molecule is Cc1nnn(C)c1-c1cnc2c3ccc(C(C)(C)O)c(CO)c3n(C(c3ccccc3)C3CCOCC3)c2c1. The third-order valence-electron chi connectivity index (χ3n) is 8.12. The van der Waals surface area contributed by atoms with Crippen LogP contribution in [0.3, 0.4) is 0 Å². The van der Waals surface area contributed by atoms with E-state index in [-0.39, 0.29) is 12.6 Å². The van der Waals surface area contributed by atoms with E-state index in [1.54, 1.807) is 18.5 Å². The number of ether oxygens (including phenoxy) is 1. The molecule has 0 saturated carbocycles. The van der Waals surface area contributed by atoms with Gasteiger partial charge in [-0.3, -0.25) is 4.98 Å². The predicted molar refractivity (Wildman–Crippen MR) is 151 cm³/mol. The number of rotatable bonds is 6. The van der Waals surface area contributed by atoms with E-state index in [4.69, 9.17) is 9.72 Å². The fourth-order valence-electron chi connectivity index (χ4n) is 6.39. The van der Waals surface area contributed by atoms with E-state index >= 15 is 0 Å². The molecule has 6 rings (SSSR count). The number of fused-ring (bicyclic) bond motifs is 3. The second kappa shape index (κ2) is 9.86. The van der Waals surface area contributed by atoms with Gasteiger partial charge in [-0.2, -0.15) is 0 Å². The Morgan fingerprint density at radius 2 is 1.85 bits per heavy atom. The average Bonchev–Trinajstić information content (AvgIpc) is 3.45. The maximum Gasteiger partial charge on any atom is 0.0960 e. The fraction of sp³-hybridized carbons (Fsp3) is 0.387. The summed E-state index contributed by atoms with van der Waals surface area (Å²) in [4.78, 5) is 5.00. The summed E-state index contributed by atoms with van der Waals surface area (Å²) in [6.45, 7) is 6.73. The topological polar surface area (TPSA) is 98.2 Å². The molecule has 0 aliphatic carbocycles. The van der Waals surface area contributed by atoms with Crippen LogP contribution < -0.4 is 0 Å². The van der Waals surface area contributed by atoms with E-state index in [1.165, 1.54) is 5.56 Å². The molecule has 1 saturated heterocycles. The molecular weight excluding hydrogens is 490 g/mol. The number of aromatic nitrogens is 5. The Morgan fingerprint density at radius 3 is 2.49 bits per heavy atom. The molecule has 202 valence electrons. The van der Waals surface area contributed by atoms with E-state index < -0.39 is 5.60 Å². The number of hydrogen-bond donors (Lipinski definition) is 2. The fourth-order valence-corrected chi connectivity index (χ4v) is 6.39. The van der Waals surface area contributed by atoms with Crippen LogP contribution in [0, 0.1) is 12.8 Å². The van der Waals surface area contributed by atoms with Crippen LogP contribution in [0.2, 0.25) is 0 Å². The van der Waals surface area contributed by atoms with Crippen molar-refractivity contribution in [3.05, 3.63) is 77.1 Å². The summed E-state index contributed by atoms with van der Waals surface area (Å²) in [5.41, 5.74) is 6.97. The zero-order chi connectivity index (χ0) is 27.3. The smallest absolute Gasteiger partial charge is 0.0960 e. The summed E-state index contributed by atoms with van der Waals surface area (Å²) in [5.74, 6) is 0.320. The Labute approximate surface area is 227 Å². The normalized spacial score (nSPS) is 15.8. The largest absolute Gasteiger partial charge is 0.392 e. The maximum absolute atomic E-state index is 11.1. The van der Waals surface area contributed by atoms with Crippen LogP contribution in [0.5, 0.6) is 0 Å². The van der Waals surface area contributed by atoms with Gasteiger partial charge in [0.2, 0.25) is 0 Å². The van der Waals surface area contributed by atoms with Crippen molar-refractivity contribution in [3.8, 4) is 11.3 Å². The molecule has 2 aromatic carbocycles. The lowest BCUT2D eigenvalue weighted by Gasteiger charge is -2.34. The van der Waals surface area contributed by atoms with Gasteiger partial charge in [0, 0.05) is 43.0 Å². The van der Waals surface area contributed by atoms with Gasteiger partial charge in [-0.1, -0.05) is 47.7 Å². The van der Waals surface area contributed by atoms with Gasteiger partial charge < -0.3 is 19.5 Å². The van der Waals surface area contributed by atoms with Gasteiger partial charge in [0.1, 0.15) is 0 Å². The summed E-state index contributed by atoms with van der Waals surface area (Å²) >= 11 is 0. The van der Waals surface area contributed by atoms with Crippen molar-refractivity contribution in [3.63, 3.8) is 0 Å². The Balaban J connectivity index is 1.75. The van der Waals surface area contributed by atoms with Crippen LogP contribution in [0.25, 0.3) is 33.2 Å². The predicted octanol–water partition coefficient (Wildman–Crippen LogP) is 5.03. The highest BCUT2D eigenvalue weighted by molar-refractivity contribution is 6.08. The van der Waals surface area contributed by atoms with Gasteiger partial charge in [-0.05, 0) is 56.7 Å². The lowest BCUT2D eigenvalue weighted by Crippen LogP contribution is -2.27. The number of nitrogens with zero attached hydrogens (tertiary/aromatic N) is 5. The molecule has 3 aromatic heterocycles. The van der Waals surface area contributed by atoms with E-state index in [0.29, 0.717) is 11.5 Å². The molecule has 1 fully saturated rings. The third kappa shape index (κ3) is 4.33. The van der Waals surface area contributed by atoms with Gasteiger partial charge in [0.25, 0.3) is 0 Å². The maximum atomic E-state index is 11.1. The summed E-state index contributed by atoms with van der Waals surface area (Å²) in [6, 6.07) is 16.7. The van der Waals surface area contributed by atoms with E-state index in [0.717, 1.165) is 70.5 Å². The molecule has 8 heteroatoms. The summed E-state index contributed by atoms with van der Waals surface area (Å²) in [6.07, 6.45) is 3.74. The van der Waals surface area contributed by atoms with Crippen molar-refractivity contribution in [2.24, 2.45) is 13.0 Å². The molecule has 5 aromatic rings. The first-order chi connectivity index (χ1) is 18.8. The molecule has 39 heavy (non-hydrogen) atoms. The first-order valence-corrected chi connectivity index (χ1v) is 13.6. The number of aliphatic hydroxyl groups excluding tert-OH is 1. The lowest BCUT2D eigenvalue weighted by atomic mass is 9.86. The molecule has 1 aliphatic rings. The molecule has 0 radical (unpaired) electrons. The molecule has 1 atom stereocenters. The Hall–Kier alpha value is -3.59. The molecule has 4 heterocycles. The van der Waals surface area contributed by atoms with Crippen LogP contribution >= 0.6 is 0 Å².